The number of ketones is 1. The van der Waals surface area contributed by atoms with E-state index in [0.717, 1.165) is 38.8 Å². The van der Waals surface area contributed by atoms with Crippen molar-refractivity contribution in [3.05, 3.63) is 0 Å². The molecule has 19 heavy (non-hydrogen) atoms. The van der Waals surface area contributed by atoms with Crippen LogP contribution in [0.2, 0.25) is 0 Å². The molecule has 0 aromatic heterocycles. The van der Waals surface area contributed by atoms with Crippen LogP contribution in [0, 0.1) is 5.92 Å². The van der Waals surface area contributed by atoms with Gasteiger partial charge >= 0.3 is 0 Å². The van der Waals surface area contributed by atoms with E-state index < -0.39 is 5.54 Å². The second kappa shape index (κ2) is 5.92. The first-order chi connectivity index (χ1) is 8.99. The first-order valence-corrected chi connectivity index (χ1v) is 7.92. The Hall–Kier alpha value is -0.410. The lowest BCUT2D eigenvalue weighted by molar-refractivity contribution is -0.147. The second-order valence-electron chi connectivity index (χ2n) is 6.80. The fourth-order valence-electron chi connectivity index (χ4n) is 3.84. The summed E-state index contributed by atoms with van der Waals surface area (Å²) < 4.78 is 6.09. The van der Waals surface area contributed by atoms with Gasteiger partial charge < -0.3 is 10.1 Å². The van der Waals surface area contributed by atoms with Gasteiger partial charge in [0.1, 0.15) is 0 Å². The highest BCUT2D eigenvalue weighted by Crippen LogP contribution is 2.41. The lowest BCUT2D eigenvalue weighted by Gasteiger charge is -2.44. The molecular weight excluding hydrogens is 238 g/mol. The lowest BCUT2D eigenvalue weighted by Crippen LogP contribution is -2.53. The standard InChI is InChI=1S/C16H29NO2/c1-4-17-15(2,3)14(18)13-8-11-19-16(12-13)9-6-5-7-10-16/h13,17H,4-12H2,1-3H3. The number of hydrogen-bond donors (Lipinski definition) is 1. The molecule has 0 aromatic rings. The zero-order chi connectivity index (χ0) is 13.9. The molecule has 3 nitrogen and oxygen atoms in total. The summed E-state index contributed by atoms with van der Waals surface area (Å²) in [6.45, 7) is 7.69. The SMILES string of the molecule is CCNC(C)(C)C(=O)C1CCOC2(CCCCC2)C1. The predicted molar refractivity (Wildman–Crippen MR) is 77.3 cm³/mol. The molecule has 1 heterocycles. The number of carbonyl (C=O) groups excluding carboxylic acids is 1. The van der Waals surface area contributed by atoms with Crippen LogP contribution in [-0.4, -0.2) is 30.1 Å². The fourth-order valence-corrected chi connectivity index (χ4v) is 3.84. The summed E-state index contributed by atoms with van der Waals surface area (Å²) in [5.74, 6) is 0.559. The molecule has 1 saturated carbocycles. The second-order valence-corrected chi connectivity index (χ2v) is 6.80. The topological polar surface area (TPSA) is 38.3 Å². The van der Waals surface area contributed by atoms with Crippen LogP contribution < -0.4 is 5.32 Å². The Labute approximate surface area is 117 Å². The number of likely N-dealkylation sites (N-methyl/N-ethyl adjacent to an activating group) is 1. The van der Waals surface area contributed by atoms with E-state index in [1.54, 1.807) is 0 Å². The quantitative estimate of drug-likeness (QED) is 0.850. The first kappa shape index (κ1) is 15.0. The van der Waals surface area contributed by atoms with Crippen molar-refractivity contribution in [2.45, 2.75) is 76.9 Å². The van der Waals surface area contributed by atoms with Gasteiger partial charge in [0.05, 0.1) is 11.1 Å². The maximum Gasteiger partial charge on any atom is 0.155 e. The van der Waals surface area contributed by atoms with Crippen LogP contribution in [0.1, 0.15) is 65.7 Å². The van der Waals surface area contributed by atoms with Gasteiger partial charge in [-0.1, -0.05) is 26.2 Å². The van der Waals surface area contributed by atoms with E-state index >= 15 is 0 Å². The van der Waals surface area contributed by atoms with Crippen LogP contribution in [0.3, 0.4) is 0 Å². The Balaban J connectivity index is 2.02. The smallest absolute Gasteiger partial charge is 0.155 e. The summed E-state index contributed by atoms with van der Waals surface area (Å²) in [7, 11) is 0. The van der Waals surface area contributed by atoms with Crippen LogP contribution in [0.5, 0.6) is 0 Å². The summed E-state index contributed by atoms with van der Waals surface area (Å²) in [6, 6.07) is 0. The molecule has 0 aromatic carbocycles. The van der Waals surface area contributed by atoms with Crippen molar-refractivity contribution >= 4 is 5.78 Å². The zero-order valence-corrected chi connectivity index (χ0v) is 12.8. The van der Waals surface area contributed by atoms with Gasteiger partial charge in [-0.3, -0.25) is 4.79 Å². The molecule has 3 heteroatoms. The van der Waals surface area contributed by atoms with Crippen molar-refractivity contribution in [3.63, 3.8) is 0 Å². The molecular formula is C16H29NO2. The third-order valence-electron chi connectivity index (χ3n) is 4.86. The minimum Gasteiger partial charge on any atom is -0.375 e. The fraction of sp³-hybridized carbons (Fsp3) is 0.938. The van der Waals surface area contributed by atoms with E-state index in [2.05, 4.69) is 12.2 Å². The minimum atomic E-state index is -0.396. The van der Waals surface area contributed by atoms with Gasteiger partial charge in [-0.25, -0.2) is 0 Å². The molecule has 1 atom stereocenters. The Morgan fingerprint density at radius 3 is 2.63 bits per heavy atom. The molecule has 0 bridgehead atoms. The van der Waals surface area contributed by atoms with Crippen molar-refractivity contribution in [2.24, 2.45) is 5.92 Å². The van der Waals surface area contributed by atoms with E-state index in [-0.39, 0.29) is 11.5 Å². The van der Waals surface area contributed by atoms with Crippen molar-refractivity contribution in [1.82, 2.24) is 5.32 Å². The van der Waals surface area contributed by atoms with Gasteiger partial charge in [-0.2, -0.15) is 0 Å². The Morgan fingerprint density at radius 2 is 2.00 bits per heavy atom. The maximum absolute atomic E-state index is 12.7. The van der Waals surface area contributed by atoms with E-state index in [1.807, 2.05) is 13.8 Å². The van der Waals surface area contributed by atoms with E-state index in [0.29, 0.717) is 5.78 Å². The molecule has 110 valence electrons. The third-order valence-corrected chi connectivity index (χ3v) is 4.86. The van der Waals surface area contributed by atoms with Crippen molar-refractivity contribution in [2.75, 3.05) is 13.2 Å². The molecule has 0 radical (unpaired) electrons. The van der Waals surface area contributed by atoms with Crippen LogP contribution >= 0.6 is 0 Å². The van der Waals surface area contributed by atoms with Crippen molar-refractivity contribution in [1.29, 1.82) is 0 Å². The molecule has 2 rings (SSSR count). The van der Waals surface area contributed by atoms with E-state index in [4.69, 9.17) is 4.74 Å². The summed E-state index contributed by atoms with van der Waals surface area (Å²) in [5, 5.41) is 3.32. The highest BCUT2D eigenvalue weighted by molar-refractivity contribution is 5.89. The number of rotatable bonds is 4. The van der Waals surface area contributed by atoms with Crippen LogP contribution in [-0.2, 0) is 9.53 Å². The predicted octanol–water partition coefficient (Wildman–Crippen LogP) is 3.07. The lowest BCUT2D eigenvalue weighted by atomic mass is 9.72. The largest absolute Gasteiger partial charge is 0.375 e. The number of carbonyl (C=O) groups is 1. The first-order valence-electron chi connectivity index (χ1n) is 7.92. The van der Waals surface area contributed by atoms with Crippen LogP contribution in [0.4, 0.5) is 0 Å². The molecule has 1 aliphatic heterocycles. The molecule has 1 unspecified atom stereocenters. The Kier molecular flexibility index (Phi) is 4.67. The van der Waals surface area contributed by atoms with Crippen molar-refractivity contribution in [3.8, 4) is 0 Å². The zero-order valence-electron chi connectivity index (χ0n) is 12.8. The summed E-state index contributed by atoms with van der Waals surface area (Å²) >= 11 is 0. The Bertz CT molecular complexity index is 313. The number of hydrogen-bond acceptors (Lipinski definition) is 3. The summed E-state index contributed by atoms with van der Waals surface area (Å²) in [6.07, 6.45) is 7.99. The van der Waals surface area contributed by atoms with Gasteiger partial charge in [0.2, 0.25) is 0 Å². The van der Waals surface area contributed by atoms with Crippen LogP contribution in [0.25, 0.3) is 0 Å². The van der Waals surface area contributed by atoms with Crippen LogP contribution in [0.15, 0.2) is 0 Å². The molecule has 2 aliphatic rings. The molecule has 1 spiro atoms. The average Bonchev–Trinajstić information content (AvgIpc) is 2.39. The average molecular weight is 267 g/mol. The third kappa shape index (κ3) is 3.38. The van der Waals surface area contributed by atoms with Gasteiger partial charge in [-0.05, 0) is 46.1 Å². The molecule has 1 aliphatic carbocycles. The molecule has 0 amide bonds. The molecule has 1 saturated heterocycles. The number of ether oxygens (including phenoxy) is 1. The normalized spacial score (nSPS) is 27.4. The van der Waals surface area contributed by atoms with E-state index in [9.17, 15) is 4.79 Å². The number of nitrogens with one attached hydrogen (secondary N) is 1. The highest BCUT2D eigenvalue weighted by Gasteiger charge is 2.43. The highest BCUT2D eigenvalue weighted by atomic mass is 16.5. The van der Waals surface area contributed by atoms with Crippen molar-refractivity contribution < 1.29 is 9.53 Å². The van der Waals surface area contributed by atoms with E-state index in [1.165, 1.54) is 19.3 Å². The molecule has 2 fully saturated rings. The minimum absolute atomic E-state index is 0.0269. The number of Topliss-reactive ketones (excluding diaryl/α,β-unsaturated/α-hetero) is 1. The van der Waals surface area contributed by atoms with Gasteiger partial charge in [0, 0.05) is 12.5 Å². The maximum atomic E-state index is 12.7. The van der Waals surface area contributed by atoms with Gasteiger partial charge in [-0.15, -0.1) is 0 Å². The van der Waals surface area contributed by atoms with Gasteiger partial charge in [0.15, 0.2) is 5.78 Å². The monoisotopic (exact) mass is 267 g/mol. The Morgan fingerprint density at radius 1 is 1.32 bits per heavy atom. The van der Waals surface area contributed by atoms with Gasteiger partial charge in [0.25, 0.3) is 0 Å². The summed E-state index contributed by atoms with van der Waals surface area (Å²) in [5.41, 5.74) is -0.369. The molecule has 1 N–H and O–H groups in total. The summed E-state index contributed by atoms with van der Waals surface area (Å²) in [4.78, 5) is 12.7.